The zero-order valence-corrected chi connectivity index (χ0v) is 18.2. The van der Waals surface area contributed by atoms with Gasteiger partial charge in [0.15, 0.2) is 22.3 Å². The molecule has 0 aliphatic carbocycles. The summed E-state index contributed by atoms with van der Waals surface area (Å²) < 4.78 is 21.4. The number of halogens is 1. The first-order valence-corrected chi connectivity index (χ1v) is 11.1. The number of hydrogen-bond acceptors (Lipinski definition) is 6. The Morgan fingerprint density at radius 2 is 1.81 bits per heavy atom. The number of rotatable bonds is 4. The molecule has 0 N–H and O–H groups in total. The molecule has 32 heavy (non-hydrogen) atoms. The van der Waals surface area contributed by atoms with Gasteiger partial charge in [0.2, 0.25) is 0 Å². The lowest BCUT2D eigenvalue weighted by Crippen LogP contribution is -2.49. The molecular weight excluding hydrogens is 429 g/mol. The van der Waals surface area contributed by atoms with Crippen LogP contribution < -0.4 is 4.90 Å². The fourth-order valence-corrected chi connectivity index (χ4v) is 4.76. The third-order valence-corrected chi connectivity index (χ3v) is 6.63. The van der Waals surface area contributed by atoms with Gasteiger partial charge >= 0.3 is 0 Å². The van der Waals surface area contributed by atoms with Gasteiger partial charge in [0.25, 0.3) is 5.91 Å². The minimum absolute atomic E-state index is 0.172. The Kier molecular flexibility index (Phi) is 5.22. The van der Waals surface area contributed by atoms with Gasteiger partial charge in [-0.1, -0.05) is 12.1 Å². The minimum atomic E-state index is -0.427. The maximum absolute atomic E-state index is 14.5. The van der Waals surface area contributed by atoms with Gasteiger partial charge in [-0.15, -0.1) is 11.3 Å². The van der Waals surface area contributed by atoms with Crippen LogP contribution in [0.4, 0.5) is 10.1 Å². The average molecular weight is 450 g/mol. The quantitative estimate of drug-likeness (QED) is 0.416. The van der Waals surface area contributed by atoms with Crippen LogP contribution >= 0.6 is 11.3 Å². The van der Waals surface area contributed by atoms with Gasteiger partial charge in [0.1, 0.15) is 5.82 Å². The van der Waals surface area contributed by atoms with Crippen molar-refractivity contribution in [3.63, 3.8) is 0 Å². The molecule has 1 aliphatic heterocycles. The van der Waals surface area contributed by atoms with Crippen LogP contribution in [0.1, 0.15) is 27.8 Å². The van der Waals surface area contributed by atoms with Gasteiger partial charge in [-0.2, -0.15) is 0 Å². The van der Waals surface area contributed by atoms with Crippen LogP contribution in [-0.4, -0.2) is 47.8 Å². The summed E-state index contributed by atoms with van der Waals surface area (Å²) >= 11 is 1.52. The summed E-state index contributed by atoms with van der Waals surface area (Å²) in [6.45, 7) is 3.30. The summed E-state index contributed by atoms with van der Waals surface area (Å²) in [6, 6.07) is 15.8. The molecule has 3 heterocycles. The predicted molar refractivity (Wildman–Crippen MR) is 122 cm³/mol. The van der Waals surface area contributed by atoms with Crippen molar-refractivity contribution in [2.75, 3.05) is 31.1 Å². The highest BCUT2D eigenvalue weighted by Crippen LogP contribution is 2.31. The molecule has 6 nitrogen and oxygen atoms in total. The van der Waals surface area contributed by atoms with Gasteiger partial charge in [0.05, 0.1) is 15.9 Å². The summed E-state index contributed by atoms with van der Waals surface area (Å²) in [5.74, 6) is 0.0495. The van der Waals surface area contributed by atoms with Crippen LogP contribution in [0.15, 0.2) is 59.0 Å². The second-order valence-electron chi connectivity index (χ2n) is 7.65. The molecule has 0 bridgehead atoms. The fraction of sp³-hybridized carbons (Fsp3) is 0.208. The maximum Gasteiger partial charge on any atom is 0.289 e. The average Bonchev–Trinajstić information content (AvgIpc) is 3.46. The third kappa shape index (κ3) is 3.78. The van der Waals surface area contributed by atoms with E-state index in [-0.39, 0.29) is 17.5 Å². The van der Waals surface area contributed by atoms with Crippen molar-refractivity contribution >= 4 is 38.9 Å². The van der Waals surface area contributed by atoms with Gasteiger partial charge in [-0.3, -0.25) is 9.59 Å². The number of aromatic nitrogens is 1. The number of carbonyl (C=O) groups excluding carboxylic acids is 2. The lowest BCUT2D eigenvalue weighted by Gasteiger charge is -2.35. The number of fused-ring (bicyclic) bond motifs is 1. The van der Waals surface area contributed by atoms with E-state index >= 15 is 0 Å². The van der Waals surface area contributed by atoms with Crippen molar-refractivity contribution in [3.8, 4) is 10.8 Å². The normalized spacial score (nSPS) is 14.2. The van der Waals surface area contributed by atoms with Crippen molar-refractivity contribution in [2.24, 2.45) is 0 Å². The molecule has 0 atom stereocenters. The Hall–Kier alpha value is -3.52. The second kappa shape index (κ2) is 8.20. The molecule has 5 rings (SSSR count). The van der Waals surface area contributed by atoms with Crippen molar-refractivity contribution in [2.45, 2.75) is 6.92 Å². The minimum Gasteiger partial charge on any atom is -0.448 e. The number of benzene rings is 2. The molecule has 0 spiro atoms. The fourth-order valence-electron chi connectivity index (χ4n) is 3.83. The van der Waals surface area contributed by atoms with E-state index in [9.17, 15) is 14.0 Å². The summed E-state index contributed by atoms with van der Waals surface area (Å²) in [4.78, 5) is 32.5. The van der Waals surface area contributed by atoms with Gasteiger partial charge in [0, 0.05) is 31.7 Å². The SMILES string of the molecule is CC(=O)c1ccc(N2CCN(C(=O)c3ccc(-c4nc5ccccc5s4)o3)CC2)c(F)c1. The number of para-hydroxylation sites is 1. The number of hydrogen-bond donors (Lipinski definition) is 0. The first kappa shape index (κ1) is 20.4. The molecule has 162 valence electrons. The van der Waals surface area contributed by atoms with Gasteiger partial charge < -0.3 is 14.2 Å². The molecule has 2 aromatic carbocycles. The van der Waals surface area contributed by atoms with E-state index in [1.165, 1.54) is 24.3 Å². The Balaban J connectivity index is 1.26. The Morgan fingerprint density at radius 1 is 1.03 bits per heavy atom. The Morgan fingerprint density at radius 3 is 2.53 bits per heavy atom. The zero-order valence-electron chi connectivity index (χ0n) is 17.4. The second-order valence-corrected chi connectivity index (χ2v) is 8.68. The number of anilines is 1. The number of furan rings is 1. The number of ketones is 1. The molecule has 8 heteroatoms. The number of amides is 1. The van der Waals surface area contributed by atoms with Crippen LogP contribution in [-0.2, 0) is 0 Å². The molecular formula is C24H20FN3O3S. The molecule has 1 saturated heterocycles. The van der Waals surface area contributed by atoms with Crippen LogP contribution in [0.5, 0.6) is 0 Å². The molecule has 1 amide bonds. The predicted octanol–water partition coefficient (Wildman–Crippen LogP) is 4.86. The summed E-state index contributed by atoms with van der Waals surface area (Å²) in [7, 11) is 0. The summed E-state index contributed by atoms with van der Waals surface area (Å²) in [5, 5.41) is 0.736. The summed E-state index contributed by atoms with van der Waals surface area (Å²) in [5.41, 5.74) is 1.69. The molecule has 4 aromatic rings. The number of piperazine rings is 1. The van der Waals surface area contributed by atoms with Crippen molar-refractivity contribution < 1.29 is 18.4 Å². The van der Waals surface area contributed by atoms with E-state index in [0.29, 0.717) is 43.2 Å². The Labute approximate surface area is 187 Å². The van der Waals surface area contributed by atoms with Crippen molar-refractivity contribution in [3.05, 3.63) is 71.7 Å². The maximum atomic E-state index is 14.5. The largest absolute Gasteiger partial charge is 0.448 e. The lowest BCUT2D eigenvalue weighted by atomic mass is 10.1. The molecule has 1 aliphatic rings. The molecule has 1 fully saturated rings. The lowest BCUT2D eigenvalue weighted by molar-refractivity contribution is 0.0715. The highest BCUT2D eigenvalue weighted by molar-refractivity contribution is 7.21. The van der Waals surface area contributed by atoms with Crippen LogP contribution in [0.3, 0.4) is 0 Å². The van der Waals surface area contributed by atoms with Crippen molar-refractivity contribution in [1.29, 1.82) is 0 Å². The monoisotopic (exact) mass is 449 g/mol. The highest BCUT2D eigenvalue weighted by atomic mass is 32.1. The van der Waals surface area contributed by atoms with Gasteiger partial charge in [-0.25, -0.2) is 9.37 Å². The third-order valence-electron chi connectivity index (χ3n) is 5.58. The zero-order chi connectivity index (χ0) is 22.2. The molecule has 2 aromatic heterocycles. The number of Topliss-reactive ketones (excluding diaryl/α,β-unsaturated/α-hetero) is 1. The summed E-state index contributed by atoms with van der Waals surface area (Å²) in [6.07, 6.45) is 0. The first-order chi connectivity index (χ1) is 15.5. The topological polar surface area (TPSA) is 66.7 Å². The van der Waals surface area contributed by atoms with Crippen LogP contribution in [0.2, 0.25) is 0 Å². The van der Waals surface area contributed by atoms with E-state index in [2.05, 4.69) is 4.98 Å². The first-order valence-electron chi connectivity index (χ1n) is 10.3. The van der Waals surface area contributed by atoms with Crippen molar-refractivity contribution in [1.82, 2.24) is 9.88 Å². The van der Waals surface area contributed by atoms with Gasteiger partial charge in [-0.05, 0) is 49.4 Å². The standard InChI is InChI=1S/C24H20FN3O3S/c1-15(29)16-6-7-19(17(25)14-16)27-10-12-28(13-11-27)24(30)21-9-8-20(31-21)23-26-18-4-2-3-5-22(18)32-23/h2-9,14H,10-13H2,1H3. The number of thiazole rings is 1. The molecule has 0 radical (unpaired) electrons. The number of carbonyl (C=O) groups is 2. The van der Waals surface area contributed by atoms with E-state index in [0.717, 1.165) is 15.2 Å². The van der Waals surface area contributed by atoms with Crippen LogP contribution in [0.25, 0.3) is 21.0 Å². The van der Waals surface area contributed by atoms with E-state index < -0.39 is 5.82 Å². The molecule has 0 unspecified atom stereocenters. The van der Waals surface area contributed by atoms with E-state index in [1.807, 2.05) is 29.2 Å². The Bertz CT molecular complexity index is 1290. The van der Waals surface area contributed by atoms with Crippen LogP contribution in [0, 0.1) is 5.82 Å². The highest BCUT2D eigenvalue weighted by Gasteiger charge is 2.26. The molecule has 0 saturated carbocycles. The number of nitrogens with zero attached hydrogens (tertiary/aromatic N) is 3. The smallest absolute Gasteiger partial charge is 0.289 e. The van der Waals surface area contributed by atoms with E-state index in [4.69, 9.17) is 4.42 Å². The van der Waals surface area contributed by atoms with E-state index in [1.54, 1.807) is 29.2 Å².